The summed E-state index contributed by atoms with van der Waals surface area (Å²) in [6.07, 6.45) is 3.64. The molecule has 1 aliphatic heterocycles. The largest absolute Gasteiger partial charge is 0.391 e. The van der Waals surface area contributed by atoms with Crippen molar-refractivity contribution in [1.29, 1.82) is 0 Å². The Labute approximate surface area is 424 Å². The number of H-pyrrole nitrogens is 1. The number of amides is 9. The summed E-state index contributed by atoms with van der Waals surface area (Å²) in [4.78, 5) is 133. The fourth-order valence-corrected chi connectivity index (χ4v) is 7.42. The number of carbonyl (C=O) groups excluding carboxylic acids is 9. The Hall–Kier alpha value is -6.27. The molecule has 0 spiro atoms. The van der Waals surface area contributed by atoms with Gasteiger partial charge in [-0.15, -0.1) is 0 Å². The van der Waals surface area contributed by atoms with Gasteiger partial charge in [0.2, 0.25) is 35.4 Å². The molecule has 1 aromatic rings. The van der Waals surface area contributed by atoms with E-state index in [0.29, 0.717) is 70.3 Å². The third-order valence-corrected chi connectivity index (χ3v) is 11.5. The molecule has 1 aromatic heterocycles. The minimum atomic E-state index is -1.62. The van der Waals surface area contributed by atoms with Crippen molar-refractivity contribution in [2.75, 3.05) is 58.9 Å². The number of nitrogens with one attached hydrogen (secondary N) is 8. The number of unbranched alkanes of at least 4 members (excludes halogenated alkanes) is 3. The van der Waals surface area contributed by atoms with E-state index in [4.69, 9.17) is 34.4 Å². The van der Waals surface area contributed by atoms with Gasteiger partial charge >= 0.3 is 0 Å². The first-order valence-corrected chi connectivity index (χ1v) is 24.7. The van der Waals surface area contributed by atoms with Crippen molar-refractivity contribution in [2.45, 2.75) is 132 Å². The third-order valence-electron chi connectivity index (χ3n) is 11.5. The second kappa shape index (κ2) is 35.0. The smallest absolute Gasteiger partial charge is 0.269 e. The monoisotopic (exact) mass is 1030 g/mol. The number of carbonyl (C=O) groups is 9. The second-order valence-electron chi connectivity index (χ2n) is 17.4. The van der Waals surface area contributed by atoms with Crippen molar-refractivity contribution in [2.24, 2.45) is 39.4 Å². The highest BCUT2D eigenvalue weighted by atomic mass is 16.3. The normalized spacial score (nSPS) is 15.9. The first-order valence-electron chi connectivity index (χ1n) is 24.7. The number of likely N-dealkylation sites (tertiary alicyclic amines) is 1. The molecule has 1 saturated heterocycles. The molecule has 28 heteroatoms. The van der Waals surface area contributed by atoms with Gasteiger partial charge in [0.05, 0.1) is 37.2 Å². The summed E-state index contributed by atoms with van der Waals surface area (Å²) in [6, 6.07) is -6.35. The lowest BCUT2D eigenvalue weighted by Gasteiger charge is -2.28. The zero-order valence-electron chi connectivity index (χ0n) is 41.5. The third kappa shape index (κ3) is 23.0. The molecule has 73 heavy (non-hydrogen) atoms. The van der Waals surface area contributed by atoms with Crippen LogP contribution in [0.2, 0.25) is 0 Å². The Morgan fingerprint density at radius 3 is 2.00 bits per heavy atom. The molecule has 410 valence electrons. The molecule has 0 bridgehead atoms. The van der Waals surface area contributed by atoms with Crippen LogP contribution in [0.25, 0.3) is 0 Å². The van der Waals surface area contributed by atoms with Crippen LogP contribution in [-0.2, 0) is 49.6 Å². The molecule has 7 atom stereocenters. The SMILES string of the molecule is C=C(NC(=O)[C@H](CCCCN)NC(=O)[C@H](Cc1cnc[nH]1)NC(=O)[C@@H]1CCCN1C(=O)/C(CCCN)=N/C(=O)CNC(=O)[C@@H](NC(=O)C[C@@H](O)CN)[C@@H](O)CN)C(=O)N[C@@H](CCCCN)C(=O)NCCCCN. The molecule has 2 heterocycles. The summed E-state index contributed by atoms with van der Waals surface area (Å²) in [5.41, 5.74) is 33.2. The van der Waals surface area contributed by atoms with Crippen molar-refractivity contribution in [3.63, 3.8) is 0 Å². The van der Waals surface area contributed by atoms with Crippen LogP contribution in [0.3, 0.4) is 0 Å². The number of aliphatic hydroxyl groups is 2. The summed E-state index contributed by atoms with van der Waals surface area (Å²) in [7, 11) is 0. The number of aliphatic imine (C=N–C) groups is 1. The van der Waals surface area contributed by atoms with Gasteiger partial charge < -0.3 is 91.7 Å². The Morgan fingerprint density at radius 2 is 1.40 bits per heavy atom. The molecule has 0 aromatic carbocycles. The maximum Gasteiger partial charge on any atom is 0.269 e. The number of nitrogens with two attached hydrogens (primary N) is 6. The maximum atomic E-state index is 14.2. The highest BCUT2D eigenvalue weighted by Gasteiger charge is 2.38. The Bertz CT molecular complexity index is 1990. The van der Waals surface area contributed by atoms with Crippen molar-refractivity contribution >= 4 is 58.9 Å². The predicted molar refractivity (Wildman–Crippen MR) is 268 cm³/mol. The van der Waals surface area contributed by atoms with Crippen LogP contribution in [0.5, 0.6) is 0 Å². The van der Waals surface area contributed by atoms with E-state index >= 15 is 0 Å². The van der Waals surface area contributed by atoms with Gasteiger partial charge in [-0.05, 0) is 103 Å². The van der Waals surface area contributed by atoms with E-state index in [1.54, 1.807) is 0 Å². The van der Waals surface area contributed by atoms with Crippen LogP contribution in [-0.4, -0.2) is 185 Å². The van der Waals surface area contributed by atoms with Gasteiger partial charge in [0.1, 0.15) is 35.9 Å². The van der Waals surface area contributed by atoms with E-state index in [2.05, 4.69) is 58.8 Å². The topological polar surface area (TPSA) is 479 Å². The van der Waals surface area contributed by atoms with Crippen LogP contribution < -0.4 is 71.6 Å². The molecule has 2 rings (SSSR count). The summed E-state index contributed by atoms with van der Waals surface area (Å²) in [6.45, 7) is 3.85. The number of nitrogens with zero attached hydrogens (tertiary/aromatic N) is 3. The molecule has 1 aliphatic rings. The molecule has 9 amide bonds. The van der Waals surface area contributed by atoms with Crippen LogP contribution >= 0.6 is 0 Å². The summed E-state index contributed by atoms with van der Waals surface area (Å²) in [5.74, 6) is -7.24. The van der Waals surface area contributed by atoms with Crippen LogP contribution in [0.15, 0.2) is 29.8 Å². The average Bonchev–Trinajstić information content (AvgIpc) is 4.09. The van der Waals surface area contributed by atoms with Crippen LogP contribution in [0.1, 0.15) is 89.2 Å². The van der Waals surface area contributed by atoms with Gasteiger partial charge in [0, 0.05) is 44.5 Å². The molecule has 28 nitrogen and oxygen atoms in total. The van der Waals surface area contributed by atoms with Crippen LogP contribution in [0.4, 0.5) is 0 Å². The number of hydrogen-bond donors (Lipinski definition) is 16. The zero-order valence-corrected chi connectivity index (χ0v) is 41.5. The highest BCUT2D eigenvalue weighted by Crippen LogP contribution is 2.20. The molecule has 22 N–H and O–H groups in total. The van der Waals surface area contributed by atoms with Gasteiger partial charge in [0.15, 0.2) is 0 Å². The van der Waals surface area contributed by atoms with Crippen molar-refractivity contribution in [3.05, 3.63) is 30.5 Å². The lowest BCUT2D eigenvalue weighted by Crippen LogP contribution is -2.57. The van der Waals surface area contributed by atoms with Crippen molar-refractivity contribution in [3.8, 4) is 0 Å². The van der Waals surface area contributed by atoms with Gasteiger partial charge in [-0.2, -0.15) is 0 Å². The summed E-state index contributed by atoms with van der Waals surface area (Å²) < 4.78 is 0. The average molecular weight is 1030 g/mol. The zero-order chi connectivity index (χ0) is 54.3. The number of hydrogen-bond acceptors (Lipinski definition) is 18. The standard InChI is InChI=1S/C45H79N17O11/c1-27(39(67)58-30(10-2-4-14-46)40(68)53-18-7-6-16-48)56-41(69)31(11-3-5-15-47)59-42(70)33(20-28-24-52-26-55-28)60-43(71)34-13-9-19-62(34)45(73)32(12-8-17-49)57-37(66)25-54-44(72)38(35(64)23-51)61-36(65)21-29(63)22-50/h24,26,29-31,33-35,38,63-64H,1-23,25,46-51H2,(H,52,55)(H,53,68)(H,54,72)(H,56,69)(H,58,67)(H,59,70)(H,60,71)(H,61,65)/b57-32+/t29-,30+,31+,33+,34+,35+,38+/m1/s1. The Kier molecular flexibility index (Phi) is 30.1. The molecule has 1 fully saturated rings. The first kappa shape index (κ1) is 62.8. The van der Waals surface area contributed by atoms with E-state index in [-0.39, 0.29) is 70.4 Å². The van der Waals surface area contributed by atoms with E-state index in [0.717, 1.165) is 0 Å². The molecular weight excluding hydrogens is 955 g/mol. The van der Waals surface area contributed by atoms with Gasteiger partial charge in [-0.3, -0.25) is 43.2 Å². The molecule has 0 saturated carbocycles. The number of imidazole rings is 1. The second-order valence-corrected chi connectivity index (χ2v) is 17.4. The Morgan fingerprint density at radius 1 is 0.753 bits per heavy atom. The highest BCUT2D eigenvalue weighted by molar-refractivity contribution is 6.40. The molecule has 0 radical (unpaired) electrons. The van der Waals surface area contributed by atoms with Gasteiger partial charge in [-0.1, -0.05) is 6.58 Å². The number of aromatic nitrogens is 2. The maximum absolute atomic E-state index is 14.2. The van der Waals surface area contributed by atoms with Crippen molar-refractivity contribution < 1.29 is 53.4 Å². The van der Waals surface area contributed by atoms with E-state index in [1.165, 1.54) is 17.4 Å². The van der Waals surface area contributed by atoms with Gasteiger partial charge in [-0.25, -0.2) is 9.98 Å². The predicted octanol–water partition coefficient (Wildman–Crippen LogP) is -6.52. The summed E-state index contributed by atoms with van der Waals surface area (Å²) >= 11 is 0. The minimum Gasteiger partial charge on any atom is -0.391 e. The molecule has 0 aliphatic carbocycles. The fraction of sp³-hybridized carbons (Fsp3) is 0.667. The van der Waals surface area contributed by atoms with Crippen LogP contribution in [0, 0.1) is 0 Å². The summed E-state index contributed by atoms with van der Waals surface area (Å²) in [5, 5.41) is 37.7. The number of aromatic amines is 1. The molecular formula is C45H79N17O11. The molecule has 0 unspecified atom stereocenters. The lowest BCUT2D eigenvalue weighted by molar-refractivity contribution is -0.136. The fourth-order valence-electron chi connectivity index (χ4n) is 7.42. The first-order chi connectivity index (χ1) is 34.9. The van der Waals surface area contributed by atoms with E-state index in [1.807, 2.05) is 0 Å². The number of rotatable bonds is 36. The lowest BCUT2D eigenvalue weighted by atomic mass is 10.1. The van der Waals surface area contributed by atoms with E-state index < -0.39 is 121 Å². The quantitative estimate of drug-likeness (QED) is 0.0169. The Balaban J connectivity index is 2.29. The van der Waals surface area contributed by atoms with E-state index in [9.17, 15) is 53.4 Å². The van der Waals surface area contributed by atoms with Gasteiger partial charge in [0.25, 0.3) is 17.7 Å². The minimum absolute atomic E-state index is 0.0621. The van der Waals surface area contributed by atoms with Crippen molar-refractivity contribution in [1.82, 2.24) is 52.1 Å². The number of aliphatic hydroxyl groups excluding tert-OH is 2.